The fourth-order valence-electron chi connectivity index (χ4n) is 7.59. The number of carbonyl (C=O) groups excluding carboxylic acids is 11. The van der Waals surface area contributed by atoms with Crippen molar-refractivity contribution in [1.82, 2.24) is 42.1 Å². The molecule has 3 rings (SSSR count). The minimum absolute atomic E-state index is 0.0588. The second-order valence-electron chi connectivity index (χ2n) is 18.1. The number of nitrogens with zero attached hydrogens (tertiary/aromatic N) is 1. The quantitative estimate of drug-likeness (QED) is 0.0689. The summed E-state index contributed by atoms with van der Waals surface area (Å²) in [6.45, 7) is 5.99. The van der Waals surface area contributed by atoms with Crippen molar-refractivity contribution in [2.24, 2.45) is 29.0 Å². The molecule has 13 N–H and O–H groups in total. The summed E-state index contributed by atoms with van der Waals surface area (Å²) in [7, 11) is 0. The molecule has 0 aliphatic carbocycles. The minimum Gasteiger partial charge on any atom is -0.370 e. The summed E-state index contributed by atoms with van der Waals surface area (Å²) in [5, 5.41) is 18.2. The van der Waals surface area contributed by atoms with Crippen LogP contribution in [0.5, 0.6) is 0 Å². The summed E-state index contributed by atoms with van der Waals surface area (Å²) in [5.74, 6) is -9.16. The highest BCUT2D eigenvalue weighted by atomic mass is 32.2. The molecule has 11 amide bonds. The Kier molecular flexibility index (Phi) is 25.2. The average Bonchev–Trinajstić information content (AvgIpc) is 3.33. The summed E-state index contributed by atoms with van der Waals surface area (Å²) in [6.07, 6.45) is -0.868. The summed E-state index contributed by atoms with van der Waals surface area (Å²) in [6, 6.07) is 9.70. The predicted octanol–water partition coefficient (Wildman–Crippen LogP) is -1.43. The first-order valence-electron chi connectivity index (χ1n) is 24.0. The number of nitrogens with two attached hydrogens (primary N) is 3. The molecule has 1 fully saturated rings. The van der Waals surface area contributed by atoms with Crippen LogP contribution in [0.1, 0.15) is 83.8 Å². The van der Waals surface area contributed by atoms with Gasteiger partial charge in [0.1, 0.15) is 36.3 Å². The maximum atomic E-state index is 14.8. The Hall–Kier alpha value is -7.04. The van der Waals surface area contributed by atoms with E-state index < -0.39 is 133 Å². The highest BCUT2D eigenvalue weighted by molar-refractivity contribution is 7.99. The van der Waals surface area contributed by atoms with E-state index in [2.05, 4.69) is 37.2 Å². The van der Waals surface area contributed by atoms with Gasteiger partial charge in [-0.1, -0.05) is 94.8 Å². The smallest absolute Gasteiger partial charge is 0.245 e. The first-order valence-corrected chi connectivity index (χ1v) is 25.2. The van der Waals surface area contributed by atoms with Crippen LogP contribution < -0.4 is 54.4 Å². The Balaban J connectivity index is 2.08. The minimum atomic E-state index is -1.74. The zero-order chi connectivity index (χ0) is 53.3. The van der Waals surface area contributed by atoms with E-state index in [4.69, 9.17) is 17.2 Å². The van der Waals surface area contributed by atoms with Gasteiger partial charge >= 0.3 is 0 Å². The van der Waals surface area contributed by atoms with Crippen LogP contribution in [-0.4, -0.2) is 137 Å². The second-order valence-corrected chi connectivity index (χ2v) is 19.3. The molecule has 0 aromatic heterocycles. The lowest BCUT2D eigenvalue weighted by molar-refractivity contribution is -0.141. The molecule has 2 aromatic carbocycles. The van der Waals surface area contributed by atoms with E-state index >= 15 is 0 Å². The maximum absolute atomic E-state index is 14.8. The van der Waals surface area contributed by atoms with Gasteiger partial charge < -0.3 is 59.3 Å². The third kappa shape index (κ3) is 21.5. The molecule has 1 heterocycles. The molecule has 0 unspecified atom stereocenters. The molecule has 1 aliphatic rings. The first-order chi connectivity index (χ1) is 34.2. The zero-order valence-electron chi connectivity index (χ0n) is 41.4. The third-order valence-corrected chi connectivity index (χ3v) is 12.7. The lowest BCUT2D eigenvalue weighted by Crippen LogP contribution is -2.61. The standard InChI is InChI=1S/C49H71N11O11S/c1-5-30(4)43-48(70)56-33(16-17-38(50)61)45(67)58-37(26-39(51)62)46(68)57-34(19-22-72-23-20-41(64)54-36(47(69)59-43)25-32-14-10-7-11-15-32)49(71)60(21-18-31-12-8-6-9-13-31)28-42(65)55-35(24-29(2)3)44(66)53-27-40(52)63/h6-15,29-30,33-37,43H,5,16-28H2,1-4H3,(H2,50,61)(H2,51,62)(H2,52,63)(H,53,66)(H,54,64)(H,55,65)(H,56,70)(H,57,68)(H,58,67)(H,59,69)/t30-,33-,34-,35-,36-,37-,43-/m0/s1. The molecule has 23 heteroatoms. The highest BCUT2D eigenvalue weighted by Gasteiger charge is 2.36. The van der Waals surface area contributed by atoms with Crippen LogP contribution in [0.15, 0.2) is 60.7 Å². The van der Waals surface area contributed by atoms with Crippen molar-refractivity contribution in [2.45, 2.75) is 122 Å². The van der Waals surface area contributed by atoms with Crippen LogP contribution in [0.2, 0.25) is 0 Å². The number of amides is 11. The molecule has 72 heavy (non-hydrogen) atoms. The van der Waals surface area contributed by atoms with E-state index in [1.165, 1.54) is 16.7 Å². The number of carbonyl (C=O) groups is 11. The molecular weight excluding hydrogens is 951 g/mol. The van der Waals surface area contributed by atoms with Crippen LogP contribution >= 0.6 is 11.8 Å². The number of thioether (sulfide) groups is 1. The fourth-order valence-corrected chi connectivity index (χ4v) is 8.53. The number of benzene rings is 2. The molecule has 0 saturated carbocycles. The first kappa shape index (κ1) is 59.3. The molecule has 2 aromatic rings. The van der Waals surface area contributed by atoms with Crippen molar-refractivity contribution in [3.8, 4) is 0 Å². The number of hydrogen-bond donors (Lipinski definition) is 10. The molecule has 7 atom stereocenters. The van der Waals surface area contributed by atoms with Gasteiger partial charge in [-0.3, -0.25) is 52.7 Å². The second kappa shape index (κ2) is 30.6. The largest absolute Gasteiger partial charge is 0.370 e. The van der Waals surface area contributed by atoms with Gasteiger partial charge in [-0.05, 0) is 54.4 Å². The SMILES string of the molecule is CC[C@H](C)[C@@H]1NC(=O)[C@H](Cc2ccccc2)NC(=O)CCSCC[C@@H](C(=O)N(CCc2ccccc2)CC(=O)N[C@@H](CC(C)C)C(=O)NCC(N)=O)NC(=O)[C@H](CC(N)=O)NC(=O)[C@H](CCC(N)=O)NC1=O. The Morgan fingerprint density at radius 3 is 1.93 bits per heavy atom. The van der Waals surface area contributed by atoms with E-state index in [9.17, 15) is 52.7 Å². The number of nitrogens with one attached hydrogen (secondary N) is 7. The van der Waals surface area contributed by atoms with Crippen molar-refractivity contribution in [1.29, 1.82) is 0 Å². The van der Waals surface area contributed by atoms with Crippen LogP contribution in [0, 0.1) is 11.8 Å². The van der Waals surface area contributed by atoms with E-state index in [1.54, 1.807) is 62.4 Å². The van der Waals surface area contributed by atoms with E-state index in [1.807, 2.05) is 26.0 Å². The molecule has 1 aliphatic heterocycles. The van der Waals surface area contributed by atoms with E-state index in [0.29, 0.717) is 12.0 Å². The van der Waals surface area contributed by atoms with Crippen LogP contribution in [-0.2, 0) is 65.6 Å². The maximum Gasteiger partial charge on any atom is 0.245 e. The molecule has 0 spiro atoms. The Morgan fingerprint density at radius 2 is 1.33 bits per heavy atom. The predicted molar refractivity (Wildman–Crippen MR) is 268 cm³/mol. The van der Waals surface area contributed by atoms with E-state index in [0.717, 1.165) is 5.56 Å². The summed E-state index contributed by atoms with van der Waals surface area (Å²) in [4.78, 5) is 149. The number of primary amides is 3. The normalized spacial score (nSPS) is 20.5. The highest BCUT2D eigenvalue weighted by Crippen LogP contribution is 2.15. The molecular formula is C49H71N11O11S. The lowest BCUT2D eigenvalue weighted by atomic mass is 9.96. The van der Waals surface area contributed by atoms with Gasteiger partial charge in [0.25, 0.3) is 0 Å². The van der Waals surface area contributed by atoms with Crippen molar-refractivity contribution in [3.05, 3.63) is 71.8 Å². The van der Waals surface area contributed by atoms with Gasteiger partial charge in [0.2, 0.25) is 65.0 Å². The monoisotopic (exact) mass is 1020 g/mol. The van der Waals surface area contributed by atoms with Gasteiger partial charge in [0.05, 0.1) is 19.5 Å². The Morgan fingerprint density at radius 1 is 0.722 bits per heavy atom. The molecule has 0 radical (unpaired) electrons. The number of rotatable bonds is 21. The van der Waals surface area contributed by atoms with Crippen LogP contribution in [0.4, 0.5) is 0 Å². The lowest BCUT2D eigenvalue weighted by Gasteiger charge is -2.30. The van der Waals surface area contributed by atoms with Gasteiger partial charge in [0, 0.05) is 31.6 Å². The van der Waals surface area contributed by atoms with Crippen molar-refractivity contribution in [3.63, 3.8) is 0 Å². The molecule has 0 bridgehead atoms. The van der Waals surface area contributed by atoms with Crippen molar-refractivity contribution >= 4 is 76.7 Å². The Bertz CT molecular complexity index is 2200. The van der Waals surface area contributed by atoms with Crippen LogP contribution in [0.3, 0.4) is 0 Å². The average molecular weight is 1020 g/mol. The van der Waals surface area contributed by atoms with Crippen LogP contribution in [0.25, 0.3) is 0 Å². The molecule has 22 nitrogen and oxygen atoms in total. The Labute approximate surface area is 424 Å². The zero-order valence-corrected chi connectivity index (χ0v) is 42.2. The van der Waals surface area contributed by atoms with Gasteiger partial charge in [-0.2, -0.15) is 11.8 Å². The fraction of sp³-hybridized carbons (Fsp3) is 0.531. The summed E-state index contributed by atoms with van der Waals surface area (Å²) < 4.78 is 0. The third-order valence-electron chi connectivity index (χ3n) is 11.7. The summed E-state index contributed by atoms with van der Waals surface area (Å²) >= 11 is 1.25. The summed E-state index contributed by atoms with van der Waals surface area (Å²) in [5.41, 5.74) is 17.7. The van der Waals surface area contributed by atoms with Gasteiger partial charge in [0.15, 0.2) is 0 Å². The molecule has 394 valence electrons. The topological polar surface area (TPSA) is 353 Å². The van der Waals surface area contributed by atoms with Gasteiger partial charge in [-0.15, -0.1) is 0 Å². The van der Waals surface area contributed by atoms with Crippen molar-refractivity contribution in [2.75, 3.05) is 31.1 Å². The van der Waals surface area contributed by atoms with Gasteiger partial charge in [-0.25, -0.2) is 0 Å². The van der Waals surface area contributed by atoms with Crippen molar-refractivity contribution < 1.29 is 52.7 Å². The number of hydrogen-bond acceptors (Lipinski definition) is 12. The van der Waals surface area contributed by atoms with E-state index in [-0.39, 0.29) is 62.5 Å². The molecule has 1 saturated heterocycles.